The highest BCUT2D eigenvalue weighted by Crippen LogP contribution is 2.43. The average molecular weight is 360 g/mol. The molecule has 2 aromatic heterocycles. The Balaban J connectivity index is 2.00. The van der Waals surface area contributed by atoms with Crippen LogP contribution in [0.15, 0.2) is 17.1 Å². The summed E-state index contributed by atoms with van der Waals surface area (Å²) in [6.45, 7) is 5.86. The second kappa shape index (κ2) is 6.00. The van der Waals surface area contributed by atoms with Crippen molar-refractivity contribution in [3.8, 4) is 5.75 Å². The van der Waals surface area contributed by atoms with Gasteiger partial charge in [0.2, 0.25) is 0 Å². The third kappa shape index (κ3) is 2.45. The van der Waals surface area contributed by atoms with Crippen LogP contribution in [-0.2, 0) is 0 Å². The monoisotopic (exact) mass is 360 g/mol. The minimum absolute atomic E-state index is 0.0871. The van der Waals surface area contributed by atoms with Crippen LogP contribution in [0, 0.1) is 11.7 Å². The molecule has 2 aliphatic rings. The first kappa shape index (κ1) is 16.9. The number of rotatable bonds is 2. The van der Waals surface area contributed by atoms with Gasteiger partial charge in [0.05, 0.1) is 18.3 Å². The van der Waals surface area contributed by atoms with Crippen molar-refractivity contribution < 1.29 is 19.0 Å². The Bertz CT molecular complexity index is 960. The van der Waals surface area contributed by atoms with Gasteiger partial charge in [-0.2, -0.15) is 0 Å². The lowest BCUT2D eigenvalue weighted by Crippen LogP contribution is -2.35. The third-order valence-corrected chi connectivity index (χ3v) is 5.50. The third-order valence-electron chi connectivity index (χ3n) is 5.50. The maximum atomic E-state index is 15.0. The molecule has 0 bridgehead atoms. The Kier molecular flexibility index (Phi) is 3.89. The highest BCUT2D eigenvalue weighted by molar-refractivity contribution is 5.90. The van der Waals surface area contributed by atoms with Gasteiger partial charge in [0.15, 0.2) is 11.6 Å². The molecule has 0 aliphatic carbocycles. The topological polar surface area (TPSA) is 71.2 Å². The van der Waals surface area contributed by atoms with E-state index in [0.29, 0.717) is 35.0 Å². The van der Waals surface area contributed by atoms with Gasteiger partial charge >= 0.3 is 5.97 Å². The van der Waals surface area contributed by atoms with Crippen LogP contribution in [0.2, 0.25) is 0 Å². The highest BCUT2D eigenvalue weighted by atomic mass is 19.1. The quantitative estimate of drug-likeness (QED) is 0.892. The van der Waals surface area contributed by atoms with E-state index in [1.807, 2.05) is 11.8 Å². The number of anilines is 1. The van der Waals surface area contributed by atoms with Gasteiger partial charge in [-0.15, -0.1) is 0 Å². The fraction of sp³-hybridized carbons (Fsp3) is 0.474. The molecule has 0 spiro atoms. The van der Waals surface area contributed by atoms with E-state index in [0.717, 1.165) is 36.5 Å². The van der Waals surface area contributed by atoms with E-state index < -0.39 is 17.3 Å². The summed E-state index contributed by atoms with van der Waals surface area (Å²) in [6, 6.07) is 1.41. The Morgan fingerprint density at radius 2 is 2.00 bits per heavy atom. The molecular formula is C19H21FN2O4. The smallest absolute Gasteiger partial charge is 0.341 e. The summed E-state index contributed by atoms with van der Waals surface area (Å²) < 4.78 is 21.9. The van der Waals surface area contributed by atoms with Crippen LogP contribution < -0.4 is 15.2 Å². The van der Waals surface area contributed by atoms with Gasteiger partial charge in [0.25, 0.3) is 5.56 Å². The molecule has 1 fully saturated rings. The van der Waals surface area contributed by atoms with Gasteiger partial charge in [-0.1, -0.05) is 13.8 Å². The summed E-state index contributed by atoms with van der Waals surface area (Å²) in [5, 5.41) is 9.32. The Morgan fingerprint density at radius 3 is 2.65 bits per heavy atom. The minimum Gasteiger partial charge on any atom is -0.488 e. The van der Waals surface area contributed by atoms with Crippen molar-refractivity contribution in [3.63, 3.8) is 0 Å². The molecule has 0 unspecified atom stereocenters. The number of hydrogen-bond donors (Lipinski definition) is 1. The molecule has 2 aliphatic heterocycles. The molecule has 4 rings (SSSR count). The summed E-state index contributed by atoms with van der Waals surface area (Å²) in [7, 11) is 0. The number of hydrogen-bond acceptors (Lipinski definition) is 4. The van der Waals surface area contributed by atoms with Crippen molar-refractivity contribution in [1.29, 1.82) is 0 Å². The number of carboxylic acids is 1. The van der Waals surface area contributed by atoms with E-state index in [2.05, 4.69) is 6.92 Å². The normalized spacial score (nSPS) is 20.3. The lowest BCUT2D eigenvalue weighted by atomic mass is 9.95. The van der Waals surface area contributed by atoms with Crippen LogP contribution in [0.25, 0.3) is 5.52 Å². The molecule has 4 heterocycles. The molecule has 0 amide bonds. The number of carboxylic acid groups (broad SMARTS) is 1. The Hall–Kier alpha value is -2.57. The lowest BCUT2D eigenvalue weighted by molar-refractivity contribution is 0.0694. The first-order valence-electron chi connectivity index (χ1n) is 8.91. The van der Waals surface area contributed by atoms with Gasteiger partial charge < -0.3 is 14.7 Å². The van der Waals surface area contributed by atoms with Crippen LogP contribution >= 0.6 is 0 Å². The fourth-order valence-corrected chi connectivity index (χ4v) is 3.91. The number of halogens is 1. The van der Waals surface area contributed by atoms with Crippen molar-refractivity contribution in [2.45, 2.75) is 32.6 Å². The zero-order valence-corrected chi connectivity index (χ0v) is 14.8. The molecule has 2 aromatic rings. The first-order chi connectivity index (χ1) is 12.4. The molecule has 1 N–H and O–H groups in total. The van der Waals surface area contributed by atoms with Gasteiger partial charge in [0.1, 0.15) is 11.3 Å². The zero-order valence-electron chi connectivity index (χ0n) is 14.8. The molecule has 26 heavy (non-hydrogen) atoms. The van der Waals surface area contributed by atoms with Gasteiger partial charge in [-0.25, -0.2) is 9.18 Å². The molecule has 138 valence electrons. The predicted molar refractivity (Wildman–Crippen MR) is 95.1 cm³/mol. The van der Waals surface area contributed by atoms with Crippen LogP contribution in [0.1, 0.15) is 48.5 Å². The number of ether oxygens (including phenoxy) is 1. The maximum absolute atomic E-state index is 15.0. The Labute approximate surface area is 149 Å². The van der Waals surface area contributed by atoms with Crippen molar-refractivity contribution in [2.24, 2.45) is 5.92 Å². The molecule has 1 atom stereocenters. The number of nitrogens with zero attached hydrogens (tertiary/aromatic N) is 2. The molecule has 0 saturated carbocycles. The average Bonchev–Trinajstić information content (AvgIpc) is 2.60. The van der Waals surface area contributed by atoms with E-state index in [9.17, 15) is 19.1 Å². The van der Waals surface area contributed by atoms with E-state index >= 15 is 0 Å². The van der Waals surface area contributed by atoms with Crippen LogP contribution in [0.3, 0.4) is 0 Å². The molecule has 0 radical (unpaired) electrons. The van der Waals surface area contributed by atoms with Gasteiger partial charge in [-0.3, -0.25) is 9.20 Å². The summed E-state index contributed by atoms with van der Waals surface area (Å²) in [4.78, 5) is 25.9. The number of aromatic nitrogens is 1. The summed E-state index contributed by atoms with van der Waals surface area (Å²) in [5.41, 5.74) is 0.472. The first-order valence-corrected chi connectivity index (χ1v) is 8.91. The van der Waals surface area contributed by atoms with Gasteiger partial charge in [0, 0.05) is 19.0 Å². The van der Waals surface area contributed by atoms with Crippen molar-refractivity contribution >= 4 is 17.2 Å². The number of piperidine rings is 1. The van der Waals surface area contributed by atoms with E-state index in [-0.39, 0.29) is 11.5 Å². The zero-order chi connectivity index (χ0) is 18.6. The summed E-state index contributed by atoms with van der Waals surface area (Å²) in [5.74, 6) is -1.01. The minimum atomic E-state index is -1.31. The van der Waals surface area contributed by atoms with Crippen LogP contribution in [0.4, 0.5) is 10.1 Å². The van der Waals surface area contributed by atoms with Crippen molar-refractivity contribution in [1.82, 2.24) is 4.40 Å². The largest absolute Gasteiger partial charge is 0.488 e. The predicted octanol–water partition coefficient (Wildman–Crippen LogP) is 2.87. The van der Waals surface area contributed by atoms with Crippen molar-refractivity contribution in [3.05, 3.63) is 39.6 Å². The summed E-state index contributed by atoms with van der Waals surface area (Å²) in [6.07, 6.45) is 3.04. The van der Waals surface area contributed by atoms with Crippen molar-refractivity contribution in [2.75, 3.05) is 24.6 Å². The molecule has 0 aromatic carbocycles. The van der Waals surface area contributed by atoms with Gasteiger partial charge in [-0.05, 0) is 30.4 Å². The van der Waals surface area contributed by atoms with E-state index in [4.69, 9.17) is 4.74 Å². The highest BCUT2D eigenvalue weighted by Gasteiger charge is 2.31. The maximum Gasteiger partial charge on any atom is 0.341 e. The Morgan fingerprint density at radius 1 is 1.31 bits per heavy atom. The fourth-order valence-electron chi connectivity index (χ4n) is 3.91. The lowest BCUT2D eigenvalue weighted by Gasteiger charge is -2.35. The molecular weight excluding hydrogens is 339 g/mol. The summed E-state index contributed by atoms with van der Waals surface area (Å²) >= 11 is 0. The number of aromatic carboxylic acids is 1. The standard InChI is InChI=1S/C19H21FN2O4/c1-10-3-5-21(6-4-10)16-14(20)8-22-15-12(11(2)9-26-17(15)16)7-13(18(22)23)19(24)25/h7-8,10-11H,3-6,9H2,1-2H3,(H,24,25)/t11-/m1/s1. The second-order valence-corrected chi connectivity index (χ2v) is 7.38. The SMILES string of the molecule is CC1CCN(c2c(F)cn3c(=O)c(C(=O)O)cc4c3c2OC[C@H]4C)CC1. The van der Waals surface area contributed by atoms with E-state index in [1.54, 1.807) is 0 Å². The molecule has 6 nitrogen and oxygen atoms in total. The van der Waals surface area contributed by atoms with E-state index in [1.165, 1.54) is 6.07 Å². The molecule has 7 heteroatoms. The van der Waals surface area contributed by atoms with Crippen LogP contribution in [0.5, 0.6) is 5.75 Å². The van der Waals surface area contributed by atoms with Crippen LogP contribution in [-0.4, -0.2) is 35.2 Å². The second-order valence-electron chi connectivity index (χ2n) is 7.38. The number of carbonyl (C=O) groups is 1. The molecule has 1 saturated heterocycles. The number of pyridine rings is 2.